The standard InChI is InChI=1S/C19H19F4N3O/c1-11-15(13-7-18(20,21)8-13)25-26(10-12-5-3-2-4-6-12)16(11)24-17(27)14-9-19(14,22)23/h2-6,13-14H,7-10H2,1H3,(H,24,27)/t14-/m1/s1. The molecule has 2 aromatic rings. The number of rotatable bonds is 5. The number of benzene rings is 1. The molecule has 144 valence electrons. The van der Waals surface area contributed by atoms with Crippen LogP contribution in [-0.2, 0) is 11.3 Å². The summed E-state index contributed by atoms with van der Waals surface area (Å²) < 4.78 is 54.5. The molecule has 2 fully saturated rings. The zero-order valence-corrected chi connectivity index (χ0v) is 14.7. The fraction of sp³-hybridized carbons (Fsp3) is 0.474. The van der Waals surface area contributed by atoms with Crippen LogP contribution in [0.3, 0.4) is 0 Å². The van der Waals surface area contributed by atoms with Gasteiger partial charge in [-0.3, -0.25) is 4.79 Å². The quantitative estimate of drug-likeness (QED) is 0.783. The van der Waals surface area contributed by atoms with E-state index in [-0.39, 0.29) is 12.8 Å². The van der Waals surface area contributed by atoms with Gasteiger partial charge in [0.05, 0.1) is 12.2 Å². The summed E-state index contributed by atoms with van der Waals surface area (Å²) in [6.45, 7) is 1.99. The maximum atomic E-state index is 13.3. The molecule has 2 saturated carbocycles. The molecule has 2 aliphatic rings. The number of nitrogens with one attached hydrogen (secondary N) is 1. The highest BCUT2D eigenvalue weighted by Gasteiger charge is 2.61. The van der Waals surface area contributed by atoms with Crippen LogP contribution in [0.2, 0.25) is 0 Å². The predicted molar refractivity (Wildman–Crippen MR) is 91.1 cm³/mol. The molecular formula is C19H19F4N3O. The summed E-state index contributed by atoms with van der Waals surface area (Å²) in [5.74, 6) is -7.86. The zero-order chi connectivity index (χ0) is 19.4. The Morgan fingerprint density at radius 1 is 1.19 bits per heavy atom. The second-order valence-electron chi connectivity index (χ2n) is 7.47. The second kappa shape index (κ2) is 6.07. The Morgan fingerprint density at radius 3 is 2.37 bits per heavy atom. The van der Waals surface area contributed by atoms with Crippen molar-refractivity contribution in [2.45, 2.75) is 50.5 Å². The maximum Gasteiger partial charge on any atom is 0.260 e. The first-order valence-corrected chi connectivity index (χ1v) is 8.84. The molecule has 0 aliphatic heterocycles. The van der Waals surface area contributed by atoms with E-state index >= 15 is 0 Å². The normalized spacial score (nSPS) is 22.9. The Labute approximate surface area is 153 Å². The van der Waals surface area contributed by atoms with Gasteiger partial charge in [0.25, 0.3) is 5.92 Å². The van der Waals surface area contributed by atoms with E-state index in [0.717, 1.165) is 5.56 Å². The first-order valence-electron chi connectivity index (χ1n) is 8.84. The van der Waals surface area contributed by atoms with Gasteiger partial charge in [-0.05, 0) is 12.5 Å². The largest absolute Gasteiger partial charge is 0.310 e. The summed E-state index contributed by atoms with van der Waals surface area (Å²) in [6.07, 6.45) is -1.04. The van der Waals surface area contributed by atoms with Crippen LogP contribution < -0.4 is 5.32 Å². The third-order valence-corrected chi connectivity index (χ3v) is 5.26. The molecule has 0 radical (unpaired) electrons. The van der Waals surface area contributed by atoms with Crippen LogP contribution in [0.4, 0.5) is 23.4 Å². The van der Waals surface area contributed by atoms with Crippen LogP contribution in [0.5, 0.6) is 0 Å². The van der Waals surface area contributed by atoms with E-state index in [2.05, 4.69) is 10.4 Å². The molecule has 1 amide bonds. The van der Waals surface area contributed by atoms with E-state index in [9.17, 15) is 22.4 Å². The molecule has 8 heteroatoms. The number of alkyl halides is 4. The highest BCUT2D eigenvalue weighted by atomic mass is 19.3. The van der Waals surface area contributed by atoms with E-state index in [1.165, 1.54) is 4.68 Å². The van der Waals surface area contributed by atoms with Crippen molar-refractivity contribution < 1.29 is 22.4 Å². The van der Waals surface area contributed by atoms with Crippen LogP contribution in [0.1, 0.15) is 42.0 Å². The lowest BCUT2D eigenvalue weighted by Crippen LogP contribution is -2.34. The topological polar surface area (TPSA) is 46.9 Å². The van der Waals surface area contributed by atoms with E-state index in [4.69, 9.17) is 0 Å². The third kappa shape index (κ3) is 3.44. The molecule has 1 heterocycles. The predicted octanol–water partition coefficient (Wildman–Crippen LogP) is 4.35. The van der Waals surface area contributed by atoms with Crippen molar-refractivity contribution in [3.8, 4) is 0 Å². The van der Waals surface area contributed by atoms with Crippen LogP contribution in [-0.4, -0.2) is 27.5 Å². The molecule has 0 bridgehead atoms. The van der Waals surface area contributed by atoms with Gasteiger partial charge in [-0.1, -0.05) is 30.3 Å². The molecule has 1 aromatic carbocycles. The number of amides is 1. The van der Waals surface area contributed by atoms with Crippen molar-refractivity contribution in [2.24, 2.45) is 5.92 Å². The minimum Gasteiger partial charge on any atom is -0.310 e. The maximum absolute atomic E-state index is 13.3. The van der Waals surface area contributed by atoms with Gasteiger partial charge in [0.1, 0.15) is 11.7 Å². The summed E-state index contributed by atoms with van der Waals surface area (Å²) in [7, 11) is 0. The van der Waals surface area contributed by atoms with E-state index in [1.807, 2.05) is 30.3 Å². The Bertz CT molecular complexity index is 871. The number of aromatic nitrogens is 2. The fourth-order valence-corrected chi connectivity index (χ4v) is 3.54. The molecule has 0 saturated heterocycles. The number of hydrogen-bond acceptors (Lipinski definition) is 2. The van der Waals surface area contributed by atoms with E-state index in [1.54, 1.807) is 6.92 Å². The number of halogens is 4. The minimum atomic E-state index is -2.97. The van der Waals surface area contributed by atoms with Crippen molar-refractivity contribution >= 4 is 11.7 Å². The van der Waals surface area contributed by atoms with Crippen LogP contribution in [0, 0.1) is 12.8 Å². The molecule has 1 aromatic heterocycles. The third-order valence-electron chi connectivity index (χ3n) is 5.26. The van der Waals surface area contributed by atoms with Gasteiger partial charge in [0.2, 0.25) is 11.8 Å². The van der Waals surface area contributed by atoms with Crippen molar-refractivity contribution in [3.63, 3.8) is 0 Å². The SMILES string of the molecule is Cc1c(C2CC(F)(F)C2)nn(Cc2ccccc2)c1NC(=O)[C@H]1CC1(F)F. The summed E-state index contributed by atoms with van der Waals surface area (Å²) in [4.78, 5) is 12.2. The second-order valence-corrected chi connectivity index (χ2v) is 7.47. The number of carbonyl (C=O) groups excluding carboxylic acids is 1. The molecule has 2 aliphatic carbocycles. The zero-order valence-electron chi connectivity index (χ0n) is 14.7. The van der Waals surface area contributed by atoms with Gasteiger partial charge in [0.15, 0.2) is 0 Å². The Kier molecular flexibility index (Phi) is 4.05. The van der Waals surface area contributed by atoms with Crippen LogP contribution >= 0.6 is 0 Å². The smallest absolute Gasteiger partial charge is 0.260 e. The average Bonchev–Trinajstić information content (AvgIpc) is 3.13. The van der Waals surface area contributed by atoms with Gasteiger partial charge in [-0.15, -0.1) is 0 Å². The molecule has 27 heavy (non-hydrogen) atoms. The molecule has 4 nitrogen and oxygen atoms in total. The number of anilines is 1. The molecule has 0 spiro atoms. The van der Waals surface area contributed by atoms with E-state index in [0.29, 0.717) is 23.6 Å². The highest BCUT2D eigenvalue weighted by molar-refractivity contribution is 5.95. The summed E-state index contributed by atoms with van der Waals surface area (Å²) in [5.41, 5.74) is 1.95. The van der Waals surface area contributed by atoms with Crippen molar-refractivity contribution in [3.05, 3.63) is 47.2 Å². The van der Waals surface area contributed by atoms with E-state index < -0.39 is 36.0 Å². The number of nitrogens with zero attached hydrogens (tertiary/aromatic N) is 2. The van der Waals surface area contributed by atoms with Gasteiger partial charge in [-0.25, -0.2) is 22.2 Å². The lowest BCUT2D eigenvalue weighted by atomic mass is 9.78. The molecule has 1 atom stereocenters. The van der Waals surface area contributed by atoms with Gasteiger partial charge in [0, 0.05) is 30.7 Å². The molecule has 4 rings (SSSR count). The lowest BCUT2D eigenvalue weighted by molar-refractivity contribution is -0.119. The summed E-state index contributed by atoms with van der Waals surface area (Å²) >= 11 is 0. The van der Waals surface area contributed by atoms with Crippen molar-refractivity contribution in [1.29, 1.82) is 0 Å². The molecule has 0 unspecified atom stereocenters. The molecule has 1 N–H and O–H groups in total. The van der Waals surface area contributed by atoms with Crippen molar-refractivity contribution in [2.75, 3.05) is 5.32 Å². The number of carbonyl (C=O) groups is 1. The summed E-state index contributed by atoms with van der Waals surface area (Å²) in [5, 5.41) is 7.00. The Balaban J connectivity index is 1.62. The minimum absolute atomic E-state index is 0.287. The molecular weight excluding hydrogens is 362 g/mol. The fourth-order valence-electron chi connectivity index (χ4n) is 3.54. The lowest BCUT2D eigenvalue weighted by Gasteiger charge is -2.34. The number of hydrogen-bond donors (Lipinski definition) is 1. The first-order chi connectivity index (χ1) is 12.7. The summed E-state index contributed by atoms with van der Waals surface area (Å²) in [6, 6.07) is 9.30. The first kappa shape index (κ1) is 18.0. The van der Waals surface area contributed by atoms with Gasteiger partial charge >= 0.3 is 0 Å². The van der Waals surface area contributed by atoms with Gasteiger partial charge in [-0.2, -0.15) is 5.10 Å². The Morgan fingerprint density at radius 2 is 1.81 bits per heavy atom. The Hall–Kier alpha value is -2.38. The van der Waals surface area contributed by atoms with Crippen LogP contribution in [0.15, 0.2) is 30.3 Å². The highest BCUT2D eigenvalue weighted by Crippen LogP contribution is 2.50. The monoisotopic (exact) mass is 381 g/mol. The van der Waals surface area contributed by atoms with Crippen LogP contribution in [0.25, 0.3) is 0 Å². The van der Waals surface area contributed by atoms with Crippen molar-refractivity contribution in [1.82, 2.24) is 9.78 Å². The average molecular weight is 381 g/mol. The van der Waals surface area contributed by atoms with Gasteiger partial charge < -0.3 is 5.32 Å².